The van der Waals surface area contributed by atoms with Gasteiger partial charge in [0.05, 0.1) is 0 Å². The Kier molecular flexibility index (Phi) is 2.78. The molecule has 0 radical (unpaired) electrons. The highest BCUT2D eigenvalue weighted by Gasteiger charge is 2.04. The molecule has 0 saturated heterocycles. The van der Waals surface area contributed by atoms with Gasteiger partial charge in [0.1, 0.15) is 14.1 Å². The van der Waals surface area contributed by atoms with E-state index < -0.39 is 0 Å². The van der Waals surface area contributed by atoms with Crippen LogP contribution in [0.25, 0.3) is 11.2 Å². The fraction of sp³-hybridized carbons (Fsp3) is 0.222. The maximum Gasteiger partial charge on any atom is 0.560 e. The van der Waals surface area contributed by atoms with Crippen molar-refractivity contribution < 1.29 is 21.2 Å². The molecule has 0 unspecified atom stereocenters. The van der Waals surface area contributed by atoms with E-state index in [2.05, 4.69) is 0 Å². The first kappa shape index (κ1) is 9.86. The molecule has 0 aliphatic carbocycles. The fourth-order valence-corrected chi connectivity index (χ4v) is 1.01. The van der Waals surface area contributed by atoms with Crippen LogP contribution >= 0.6 is 0 Å². The van der Waals surface area contributed by atoms with E-state index in [-0.39, 0.29) is 12.4 Å². The van der Waals surface area contributed by atoms with Crippen LogP contribution in [-0.2, 0) is 0 Å². The maximum atomic E-state index is 5.39. The zero-order valence-corrected chi connectivity index (χ0v) is 8.21. The highest BCUT2D eigenvalue weighted by molar-refractivity contribution is 5.68. The minimum Gasteiger partial charge on any atom is -1.00 e. The van der Waals surface area contributed by atoms with Gasteiger partial charge in [-0.3, -0.25) is 0 Å². The summed E-state index contributed by atoms with van der Waals surface area (Å²) in [5.41, 5.74) is 1.56. The Morgan fingerprint density at radius 2 is 1.46 bits per heavy atom. The summed E-state index contributed by atoms with van der Waals surface area (Å²) >= 11 is 0. The fourth-order valence-electron chi connectivity index (χ4n) is 1.01. The Hall–Kier alpha value is -1.22. The summed E-state index contributed by atoms with van der Waals surface area (Å²) in [6.45, 7) is 0. The van der Waals surface area contributed by atoms with Crippen molar-refractivity contribution >= 4 is 11.2 Å². The van der Waals surface area contributed by atoms with Crippen molar-refractivity contribution in [3.05, 3.63) is 30.0 Å². The van der Waals surface area contributed by atoms with E-state index in [0.717, 1.165) is 11.2 Å². The van der Waals surface area contributed by atoms with Gasteiger partial charge >= 0.3 is 5.75 Å². The normalized spacial score (nSPS) is 9.69. The average molecular weight is 200 g/mol. The summed E-state index contributed by atoms with van der Waals surface area (Å²) in [6.07, 6.45) is 0. The van der Waals surface area contributed by atoms with E-state index in [4.69, 9.17) is 8.83 Å². The predicted molar refractivity (Wildman–Crippen MR) is 45.6 cm³/mol. The van der Waals surface area contributed by atoms with Gasteiger partial charge in [-0.2, -0.15) is 4.58 Å². The number of para-hydroxylation sites is 2. The van der Waals surface area contributed by atoms with E-state index in [1.165, 1.54) is 0 Å². The molecule has 2 rings (SSSR count). The minimum absolute atomic E-state index is 0. The molecule has 0 aliphatic rings. The van der Waals surface area contributed by atoms with Crippen molar-refractivity contribution in [2.24, 2.45) is 0 Å². The van der Waals surface area contributed by atoms with Gasteiger partial charge in [0.15, 0.2) is 11.2 Å². The monoisotopic (exact) mass is 199 g/mol. The van der Waals surface area contributed by atoms with Crippen LogP contribution in [0.4, 0.5) is 0 Å². The molecule has 0 spiro atoms. The van der Waals surface area contributed by atoms with E-state index in [1.807, 2.05) is 38.4 Å². The number of nitrogens with zero attached hydrogens (tertiary/aromatic N) is 1. The second-order valence-electron chi connectivity index (χ2n) is 2.81. The summed E-state index contributed by atoms with van der Waals surface area (Å²) in [4.78, 5) is 0. The second kappa shape index (κ2) is 3.66. The van der Waals surface area contributed by atoms with E-state index in [9.17, 15) is 0 Å². The predicted octanol–water partition coefficient (Wildman–Crippen LogP) is -1.94. The molecular weight excluding hydrogens is 190 g/mol. The lowest BCUT2D eigenvalue weighted by Gasteiger charge is -1.77. The van der Waals surface area contributed by atoms with E-state index in [1.54, 1.807) is 4.58 Å². The first-order chi connectivity index (χ1) is 5.77. The van der Waals surface area contributed by atoms with Gasteiger partial charge in [-0.25, -0.2) is 0 Å². The molecule has 3 nitrogen and oxygen atoms in total. The van der Waals surface area contributed by atoms with Gasteiger partial charge in [0.2, 0.25) is 0 Å². The third kappa shape index (κ3) is 1.75. The third-order valence-electron chi connectivity index (χ3n) is 1.61. The van der Waals surface area contributed by atoms with Crippen molar-refractivity contribution in [1.29, 1.82) is 0 Å². The molecule has 70 valence electrons. The first-order valence-corrected chi connectivity index (χ1v) is 3.76. The minimum atomic E-state index is 0. The van der Waals surface area contributed by atoms with Crippen LogP contribution in [-0.4, -0.2) is 14.1 Å². The summed E-state index contributed by atoms with van der Waals surface area (Å²) in [7, 11) is 3.75. The lowest BCUT2D eigenvalue weighted by molar-refractivity contribution is -0.00000380. The van der Waals surface area contributed by atoms with Gasteiger partial charge in [-0.05, 0) is 12.1 Å². The van der Waals surface area contributed by atoms with Gasteiger partial charge in [-0.1, -0.05) is 12.1 Å². The molecule has 13 heavy (non-hydrogen) atoms. The lowest BCUT2D eigenvalue weighted by Crippen LogP contribution is -3.00. The Morgan fingerprint density at radius 1 is 1.00 bits per heavy atom. The summed E-state index contributed by atoms with van der Waals surface area (Å²) in [5.74, 6) is 0.524. The van der Waals surface area contributed by atoms with Crippen molar-refractivity contribution in [3.63, 3.8) is 0 Å². The standard InChI is InChI=1S/C9H10NO2.ClH/c1-10(2)9-11-7-5-3-4-6-8(7)12-9;/h3-6H,1-2H3;1H/q+1;/p-1. The van der Waals surface area contributed by atoms with Crippen LogP contribution in [0, 0.1) is 0 Å². The van der Waals surface area contributed by atoms with Crippen molar-refractivity contribution in [3.8, 4) is 0 Å². The summed E-state index contributed by atoms with van der Waals surface area (Å²) in [5, 5.41) is 0. The first-order valence-electron chi connectivity index (χ1n) is 3.76. The molecular formula is C9H10ClNO2. The van der Waals surface area contributed by atoms with Gasteiger partial charge < -0.3 is 21.2 Å². The molecule has 0 bridgehead atoms. The highest BCUT2D eigenvalue weighted by Crippen LogP contribution is 2.09. The zero-order valence-electron chi connectivity index (χ0n) is 7.45. The molecule has 1 heterocycles. The average Bonchev–Trinajstić information content (AvgIpc) is 2.46. The maximum absolute atomic E-state index is 5.39. The number of fused-ring (bicyclic) bond motifs is 1. The molecule has 0 fully saturated rings. The SMILES string of the molecule is C[N+](C)=c1oc2ccccc2o1.[Cl-]. The van der Waals surface area contributed by atoms with Crippen molar-refractivity contribution in [2.75, 3.05) is 14.1 Å². The number of halogens is 1. The lowest BCUT2D eigenvalue weighted by atomic mass is 10.3. The molecule has 2 aromatic rings. The third-order valence-corrected chi connectivity index (χ3v) is 1.61. The van der Waals surface area contributed by atoms with Crippen LogP contribution in [0.15, 0.2) is 33.1 Å². The quantitative estimate of drug-likeness (QED) is 0.462. The van der Waals surface area contributed by atoms with Crippen LogP contribution in [0.3, 0.4) is 0 Å². The summed E-state index contributed by atoms with van der Waals surface area (Å²) in [6, 6.07) is 7.60. The Bertz CT molecular complexity index is 429. The zero-order chi connectivity index (χ0) is 8.55. The van der Waals surface area contributed by atoms with Crippen LogP contribution in [0.1, 0.15) is 0 Å². The molecule has 0 atom stereocenters. The molecule has 0 amide bonds. The Morgan fingerprint density at radius 3 is 1.85 bits per heavy atom. The van der Waals surface area contributed by atoms with Crippen LogP contribution in [0.5, 0.6) is 0 Å². The van der Waals surface area contributed by atoms with Gasteiger partial charge in [0.25, 0.3) is 0 Å². The largest absolute Gasteiger partial charge is 1.00 e. The number of rotatable bonds is 0. The highest BCUT2D eigenvalue weighted by atomic mass is 35.5. The molecule has 0 N–H and O–H groups in total. The second-order valence-corrected chi connectivity index (χ2v) is 2.81. The molecule has 0 saturated carbocycles. The van der Waals surface area contributed by atoms with E-state index >= 15 is 0 Å². The smallest absolute Gasteiger partial charge is 0.560 e. The number of hydrogen-bond acceptors (Lipinski definition) is 2. The van der Waals surface area contributed by atoms with Crippen molar-refractivity contribution in [2.45, 2.75) is 0 Å². The van der Waals surface area contributed by atoms with E-state index in [0.29, 0.717) is 5.75 Å². The molecule has 1 aromatic heterocycles. The Labute approximate surface area is 81.7 Å². The molecule has 0 aliphatic heterocycles. The Balaban J connectivity index is 0.000000845. The number of hydrogen-bond donors (Lipinski definition) is 0. The topological polar surface area (TPSA) is 29.3 Å². The van der Waals surface area contributed by atoms with Gasteiger partial charge in [-0.15, -0.1) is 0 Å². The van der Waals surface area contributed by atoms with Crippen LogP contribution < -0.4 is 22.7 Å². The van der Waals surface area contributed by atoms with Crippen LogP contribution in [0.2, 0.25) is 0 Å². The van der Waals surface area contributed by atoms with Crippen molar-refractivity contribution in [1.82, 2.24) is 4.58 Å². The molecule has 4 heteroatoms. The molecule has 1 aromatic carbocycles. The summed E-state index contributed by atoms with van der Waals surface area (Å²) < 4.78 is 12.6. The number of benzene rings is 1. The van der Waals surface area contributed by atoms with Gasteiger partial charge in [0, 0.05) is 0 Å².